The van der Waals surface area contributed by atoms with Gasteiger partial charge in [-0.1, -0.05) is 6.92 Å². The summed E-state index contributed by atoms with van der Waals surface area (Å²) in [5, 5.41) is 15.0. The normalized spacial score (nSPS) is 17.3. The van der Waals surface area contributed by atoms with Crippen LogP contribution in [0.4, 0.5) is 23.7 Å². The fourth-order valence-electron chi connectivity index (χ4n) is 4.80. The minimum atomic E-state index is -4.84. The van der Waals surface area contributed by atoms with E-state index in [4.69, 9.17) is 4.74 Å². The van der Waals surface area contributed by atoms with Crippen LogP contribution in [0.1, 0.15) is 81.8 Å². The van der Waals surface area contributed by atoms with Crippen molar-refractivity contribution < 1.29 is 37.4 Å². The van der Waals surface area contributed by atoms with E-state index in [1.807, 2.05) is 0 Å². The van der Waals surface area contributed by atoms with Gasteiger partial charge in [-0.25, -0.2) is 14.6 Å². The second-order valence-corrected chi connectivity index (χ2v) is 11.0. The molecule has 0 atom stereocenters. The number of nitrogens with one attached hydrogen (secondary N) is 2. The molecule has 0 aliphatic heterocycles. The van der Waals surface area contributed by atoms with E-state index in [-0.39, 0.29) is 53.0 Å². The smallest absolute Gasteiger partial charge is 0.421 e. The Morgan fingerprint density at radius 2 is 1.76 bits per heavy atom. The molecule has 0 saturated heterocycles. The van der Waals surface area contributed by atoms with Gasteiger partial charge in [-0.2, -0.15) is 13.2 Å². The lowest BCUT2D eigenvalue weighted by molar-refractivity contribution is -0.139. The molecule has 1 heterocycles. The maximum absolute atomic E-state index is 13.9. The van der Waals surface area contributed by atoms with Gasteiger partial charge in [-0.3, -0.25) is 4.79 Å². The summed E-state index contributed by atoms with van der Waals surface area (Å²) >= 11 is 0. The molecular formula is C29H37F3N4O5. The zero-order chi connectivity index (χ0) is 30.5. The maximum atomic E-state index is 13.9. The van der Waals surface area contributed by atoms with Gasteiger partial charge in [0.15, 0.2) is 0 Å². The fourth-order valence-corrected chi connectivity index (χ4v) is 4.80. The fraction of sp³-hybridized carbons (Fsp3) is 0.517. The molecule has 0 radical (unpaired) electrons. The SMILES string of the molecule is CC(C)NC(=O)NCc1cnc(Oc2ccc(N(C(=O)[C@H]3CC[C@H](C)CC3)C(C)C)c(C(=O)O)c2)c(C(F)(F)F)c1. The second-order valence-electron chi connectivity index (χ2n) is 11.0. The number of amides is 3. The minimum absolute atomic E-state index is 0.0911. The van der Waals surface area contributed by atoms with Crippen molar-refractivity contribution in [3.05, 3.63) is 47.2 Å². The van der Waals surface area contributed by atoms with Crippen LogP contribution in [0.3, 0.4) is 0 Å². The Kier molecular flexibility index (Phi) is 10.2. The summed E-state index contributed by atoms with van der Waals surface area (Å²) in [5.41, 5.74) is -1.23. The molecule has 3 N–H and O–H groups in total. The number of carbonyl (C=O) groups excluding carboxylic acids is 2. The highest BCUT2D eigenvalue weighted by atomic mass is 19.4. The molecule has 224 valence electrons. The molecule has 1 aromatic heterocycles. The van der Waals surface area contributed by atoms with E-state index in [1.165, 1.54) is 17.0 Å². The number of rotatable bonds is 9. The number of carboxylic acids is 1. The van der Waals surface area contributed by atoms with E-state index in [2.05, 4.69) is 22.5 Å². The Hall–Kier alpha value is -3.83. The number of benzene rings is 1. The number of carboxylic acid groups (broad SMARTS) is 1. The third-order valence-electron chi connectivity index (χ3n) is 6.88. The van der Waals surface area contributed by atoms with Crippen molar-refractivity contribution in [1.29, 1.82) is 0 Å². The van der Waals surface area contributed by atoms with Crippen molar-refractivity contribution in [3.63, 3.8) is 0 Å². The van der Waals surface area contributed by atoms with Gasteiger partial charge in [0, 0.05) is 30.7 Å². The van der Waals surface area contributed by atoms with Crippen LogP contribution in [0.25, 0.3) is 0 Å². The van der Waals surface area contributed by atoms with Gasteiger partial charge in [0.1, 0.15) is 11.3 Å². The van der Waals surface area contributed by atoms with Gasteiger partial charge < -0.3 is 25.4 Å². The highest BCUT2D eigenvalue weighted by Gasteiger charge is 2.36. The third kappa shape index (κ3) is 8.34. The highest BCUT2D eigenvalue weighted by molar-refractivity contribution is 6.03. The van der Waals surface area contributed by atoms with E-state index < -0.39 is 29.6 Å². The number of aromatic carboxylic acids is 1. The van der Waals surface area contributed by atoms with Crippen LogP contribution in [0.15, 0.2) is 30.5 Å². The molecule has 1 aliphatic rings. The van der Waals surface area contributed by atoms with Crippen LogP contribution in [-0.2, 0) is 17.5 Å². The van der Waals surface area contributed by atoms with Crippen molar-refractivity contribution in [1.82, 2.24) is 15.6 Å². The molecular weight excluding hydrogens is 541 g/mol. The number of hydrogen-bond donors (Lipinski definition) is 3. The number of ether oxygens (including phenoxy) is 1. The number of nitrogens with zero attached hydrogens (tertiary/aromatic N) is 2. The predicted molar refractivity (Wildman–Crippen MR) is 147 cm³/mol. The van der Waals surface area contributed by atoms with Crippen LogP contribution in [0, 0.1) is 11.8 Å². The van der Waals surface area contributed by atoms with Gasteiger partial charge in [-0.05, 0) is 89.1 Å². The summed E-state index contributed by atoms with van der Waals surface area (Å²) in [5.74, 6) is -2.18. The number of alkyl halides is 3. The lowest BCUT2D eigenvalue weighted by atomic mass is 9.82. The van der Waals surface area contributed by atoms with Gasteiger partial charge in [0.2, 0.25) is 11.8 Å². The van der Waals surface area contributed by atoms with Crippen molar-refractivity contribution >= 4 is 23.6 Å². The second kappa shape index (κ2) is 13.2. The zero-order valence-electron chi connectivity index (χ0n) is 23.8. The zero-order valence-corrected chi connectivity index (χ0v) is 23.8. The first kappa shape index (κ1) is 31.7. The van der Waals surface area contributed by atoms with Crippen LogP contribution in [-0.4, -0.2) is 40.1 Å². The average molecular weight is 579 g/mol. The Bertz CT molecular complexity index is 1260. The van der Waals surface area contributed by atoms with Crippen LogP contribution in [0.2, 0.25) is 0 Å². The molecule has 0 bridgehead atoms. The van der Waals surface area contributed by atoms with E-state index in [9.17, 15) is 32.7 Å². The number of halogens is 3. The number of urea groups is 1. The van der Waals surface area contributed by atoms with Crippen LogP contribution in [0.5, 0.6) is 11.6 Å². The van der Waals surface area contributed by atoms with Gasteiger partial charge >= 0.3 is 18.2 Å². The van der Waals surface area contributed by atoms with Crippen molar-refractivity contribution in [2.45, 2.75) is 85.1 Å². The summed E-state index contributed by atoms with van der Waals surface area (Å²) in [6.07, 6.45) is -0.451. The molecule has 9 nitrogen and oxygen atoms in total. The lowest BCUT2D eigenvalue weighted by Crippen LogP contribution is -2.42. The van der Waals surface area contributed by atoms with E-state index in [1.54, 1.807) is 27.7 Å². The summed E-state index contributed by atoms with van der Waals surface area (Å²) < 4.78 is 47.1. The van der Waals surface area contributed by atoms with Gasteiger partial charge in [0.25, 0.3) is 0 Å². The molecule has 3 rings (SSSR count). The molecule has 1 saturated carbocycles. The van der Waals surface area contributed by atoms with Crippen molar-refractivity contribution in [2.75, 3.05) is 4.90 Å². The molecule has 41 heavy (non-hydrogen) atoms. The highest BCUT2D eigenvalue weighted by Crippen LogP contribution is 2.39. The molecule has 2 aromatic rings. The van der Waals surface area contributed by atoms with Gasteiger partial charge in [0.05, 0.1) is 11.3 Å². The number of aromatic nitrogens is 1. The van der Waals surface area contributed by atoms with Gasteiger partial charge in [-0.15, -0.1) is 0 Å². The van der Waals surface area contributed by atoms with Crippen LogP contribution >= 0.6 is 0 Å². The summed E-state index contributed by atoms with van der Waals surface area (Å²) in [4.78, 5) is 42.8. The van der Waals surface area contributed by atoms with E-state index in [0.717, 1.165) is 31.2 Å². The molecule has 12 heteroatoms. The first-order valence-electron chi connectivity index (χ1n) is 13.7. The predicted octanol–water partition coefficient (Wildman–Crippen LogP) is 6.37. The number of carbonyl (C=O) groups is 3. The molecule has 3 amide bonds. The Labute approximate surface area is 237 Å². The van der Waals surface area contributed by atoms with E-state index in [0.29, 0.717) is 18.8 Å². The molecule has 1 fully saturated rings. The number of pyridine rings is 1. The first-order valence-corrected chi connectivity index (χ1v) is 13.7. The third-order valence-corrected chi connectivity index (χ3v) is 6.88. The Morgan fingerprint density at radius 3 is 2.32 bits per heavy atom. The molecule has 1 aliphatic carbocycles. The topological polar surface area (TPSA) is 121 Å². The standard InChI is InChI=1S/C29H37F3N4O5/c1-16(2)35-28(40)34-15-19-12-23(29(30,31)32)25(33-14-19)41-21-10-11-24(22(13-21)27(38)39)36(17(3)4)26(37)20-8-6-18(5)7-9-20/h10-14,16-18,20H,6-9,15H2,1-5H3,(H,38,39)(H2,34,35,40)/t18-,20-. The monoisotopic (exact) mass is 578 g/mol. The quantitative estimate of drug-likeness (QED) is 0.318. The number of hydrogen-bond acceptors (Lipinski definition) is 5. The van der Waals surface area contributed by atoms with Crippen LogP contribution < -0.4 is 20.3 Å². The Balaban J connectivity index is 1.90. The van der Waals surface area contributed by atoms with Crippen molar-refractivity contribution in [2.24, 2.45) is 11.8 Å². The van der Waals surface area contributed by atoms with Crippen molar-refractivity contribution in [3.8, 4) is 11.6 Å². The molecule has 0 unspecified atom stereocenters. The summed E-state index contributed by atoms with van der Waals surface area (Å²) in [6, 6.07) is 3.56. The largest absolute Gasteiger partial charge is 0.478 e. The molecule has 0 spiro atoms. The lowest BCUT2D eigenvalue weighted by Gasteiger charge is -2.34. The summed E-state index contributed by atoms with van der Waals surface area (Å²) in [7, 11) is 0. The Morgan fingerprint density at radius 1 is 1.10 bits per heavy atom. The minimum Gasteiger partial charge on any atom is -0.478 e. The summed E-state index contributed by atoms with van der Waals surface area (Å²) in [6.45, 7) is 8.98. The maximum Gasteiger partial charge on any atom is 0.421 e. The molecule has 1 aromatic carbocycles. The first-order chi connectivity index (χ1) is 19.2. The van der Waals surface area contributed by atoms with E-state index >= 15 is 0 Å². The number of anilines is 1. The average Bonchev–Trinajstić information content (AvgIpc) is 2.88.